The fraction of sp³-hybridized carbons (Fsp3) is 0.0769. The van der Waals surface area contributed by atoms with Crippen LogP contribution < -0.4 is 11.1 Å². The largest absolute Gasteiger partial charge is 0.508 e. The predicted molar refractivity (Wildman–Crippen MR) is 71.1 cm³/mol. The number of hydrogen-bond acceptors (Lipinski definition) is 5. The van der Waals surface area contributed by atoms with Crippen LogP contribution in [0.25, 0.3) is 0 Å². The lowest BCUT2D eigenvalue weighted by molar-refractivity contribution is 0.102. The molecule has 19 heavy (non-hydrogen) atoms. The number of rotatable bonds is 2. The number of nitrogen functional groups attached to an aromatic ring is 1. The highest BCUT2D eigenvalue weighted by Gasteiger charge is 2.12. The van der Waals surface area contributed by atoms with Crippen LogP contribution in [0, 0.1) is 6.92 Å². The van der Waals surface area contributed by atoms with Crippen molar-refractivity contribution < 1.29 is 15.0 Å². The van der Waals surface area contributed by atoms with E-state index in [9.17, 15) is 9.90 Å². The quantitative estimate of drug-likeness (QED) is 0.655. The Morgan fingerprint density at radius 3 is 2.68 bits per heavy atom. The lowest BCUT2D eigenvalue weighted by Gasteiger charge is -2.08. The number of anilines is 2. The Hall–Kier alpha value is -2.76. The summed E-state index contributed by atoms with van der Waals surface area (Å²) in [6.07, 6.45) is 1.45. The van der Waals surface area contributed by atoms with E-state index in [-0.39, 0.29) is 17.1 Å². The summed E-state index contributed by atoms with van der Waals surface area (Å²) in [4.78, 5) is 15.9. The number of pyridine rings is 1. The number of hydrogen-bond donors (Lipinski definition) is 4. The van der Waals surface area contributed by atoms with Gasteiger partial charge in [0.1, 0.15) is 17.3 Å². The number of phenols is 2. The molecular formula is C13H13N3O3. The molecule has 6 nitrogen and oxygen atoms in total. The highest BCUT2D eigenvalue weighted by atomic mass is 16.3. The van der Waals surface area contributed by atoms with Crippen LogP contribution in [0.15, 0.2) is 30.5 Å². The van der Waals surface area contributed by atoms with Crippen LogP contribution in [0.4, 0.5) is 11.5 Å². The van der Waals surface area contributed by atoms with E-state index >= 15 is 0 Å². The van der Waals surface area contributed by atoms with Crippen LogP contribution in [-0.2, 0) is 0 Å². The van der Waals surface area contributed by atoms with E-state index < -0.39 is 5.91 Å². The van der Waals surface area contributed by atoms with Gasteiger partial charge in [-0.25, -0.2) is 4.98 Å². The van der Waals surface area contributed by atoms with Crippen LogP contribution in [0.1, 0.15) is 15.9 Å². The molecule has 0 unspecified atom stereocenters. The number of aryl methyl sites for hydroxylation is 1. The fourth-order valence-corrected chi connectivity index (χ4v) is 1.53. The minimum Gasteiger partial charge on any atom is -0.508 e. The Bertz CT molecular complexity index is 641. The van der Waals surface area contributed by atoms with Crippen molar-refractivity contribution in [2.24, 2.45) is 0 Å². The van der Waals surface area contributed by atoms with Crippen LogP contribution in [0.5, 0.6) is 11.5 Å². The van der Waals surface area contributed by atoms with E-state index in [2.05, 4.69) is 10.3 Å². The third-order valence-electron chi connectivity index (χ3n) is 2.62. The summed E-state index contributed by atoms with van der Waals surface area (Å²) in [7, 11) is 0. The standard InChI is InChI=1S/C13H13N3O3/c1-7-4-12(15-6-10(7)14)16-13(19)9-3-2-8(17)5-11(9)18/h2-6,17-18H,14H2,1H3,(H,15,16,19). The van der Waals surface area contributed by atoms with E-state index in [0.717, 1.165) is 11.6 Å². The maximum atomic E-state index is 11.9. The molecule has 0 saturated heterocycles. The smallest absolute Gasteiger partial charge is 0.260 e. The molecule has 0 aliphatic heterocycles. The van der Waals surface area contributed by atoms with Crippen LogP contribution in [-0.4, -0.2) is 21.1 Å². The molecule has 2 aromatic rings. The summed E-state index contributed by atoms with van der Waals surface area (Å²) in [5.74, 6) is -0.599. The predicted octanol–water partition coefficient (Wildman–Crippen LogP) is 1.64. The first-order valence-corrected chi connectivity index (χ1v) is 5.53. The summed E-state index contributed by atoms with van der Waals surface area (Å²) >= 11 is 0. The first-order chi connectivity index (χ1) is 8.97. The van der Waals surface area contributed by atoms with E-state index in [4.69, 9.17) is 10.8 Å². The molecule has 0 aliphatic carbocycles. The number of amides is 1. The van der Waals surface area contributed by atoms with Crippen molar-refractivity contribution in [2.45, 2.75) is 6.92 Å². The highest BCUT2D eigenvalue weighted by molar-refractivity contribution is 6.05. The summed E-state index contributed by atoms with van der Waals surface area (Å²) in [5, 5.41) is 21.3. The monoisotopic (exact) mass is 259 g/mol. The van der Waals surface area contributed by atoms with Gasteiger partial charge in [-0.15, -0.1) is 0 Å². The minimum absolute atomic E-state index is 0.0501. The molecule has 98 valence electrons. The first-order valence-electron chi connectivity index (χ1n) is 5.53. The SMILES string of the molecule is Cc1cc(NC(=O)c2ccc(O)cc2O)ncc1N. The second-order valence-corrected chi connectivity index (χ2v) is 4.08. The fourth-order valence-electron chi connectivity index (χ4n) is 1.53. The van der Waals surface area contributed by atoms with Crippen molar-refractivity contribution in [1.82, 2.24) is 4.98 Å². The van der Waals surface area contributed by atoms with Gasteiger partial charge in [-0.05, 0) is 30.7 Å². The molecule has 1 aromatic heterocycles. The summed E-state index contributed by atoms with van der Waals surface area (Å²) in [6, 6.07) is 5.36. The third-order valence-corrected chi connectivity index (χ3v) is 2.62. The van der Waals surface area contributed by atoms with Crippen molar-refractivity contribution in [3.63, 3.8) is 0 Å². The molecular weight excluding hydrogens is 246 g/mol. The zero-order valence-electron chi connectivity index (χ0n) is 10.2. The molecule has 2 rings (SSSR count). The van der Waals surface area contributed by atoms with Crippen molar-refractivity contribution in [3.8, 4) is 11.5 Å². The molecule has 0 spiro atoms. The molecule has 1 aromatic carbocycles. The molecule has 1 heterocycles. The zero-order valence-corrected chi connectivity index (χ0v) is 10.2. The normalized spacial score (nSPS) is 10.2. The molecule has 5 N–H and O–H groups in total. The number of benzene rings is 1. The van der Waals surface area contributed by atoms with Gasteiger partial charge < -0.3 is 21.3 Å². The third kappa shape index (κ3) is 2.74. The average molecular weight is 259 g/mol. The van der Waals surface area contributed by atoms with Crippen molar-refractivity contribution in [1.29, 1.82) is 0 Å². The van der Waals surface area contributed by atoms with Gasteiger partial charge in [0, 0.05) is 6.07 Å². The van der Waals surface area contributed by atoms with Crippen LogP contribution in [0.3, 0.4) is 0 Å². The molecule has 0 saturated carbocycles. The van der Waals surface area contributed by atoms with E-state index in [0.29, 0.717) is 11.5 Å². The molecule has 0 bridgehead atoms. The Balaban J connectivity index is 2.23. The number of nitrogens with one attached hydrogen (secondary N) is 1. The lowest BCUT2D eigenvalue weighted by atomic mass is 10.1. The van der Waals surface area contributed by atoms with Crippen LogP contribution in [0.2, 0.25) is 0 Å². The maximum Gasteiger partial charge on any atom is 0.260 e. The van der Waals surface area contributed by atoms with Gasteiger partial charge in [0.15, 0.2) is 0 Å². The summed E-state index contributed by atoms with van der Waals surface area (Å²) in [6.45, 7) is 1.80. The van der Waals surface area contributed by atoms with Crippen molar-refractivity contribution >= 4 is 17.4 Å². The molecule has 1 amide bonds. The van der Waals surface area contributed by atoms with Gasteiger partial charge in [0.2, 0.25) is 0 Å². The Morgan fingerprint density at radius 1 is 1.32 bits per heavy atom. The number of nitrogens with zero attached hydrogens (tertiary/aromatic N) is 1. The second kappa shape index (κ2) is 4.85. The zero-order chi connectivity index (χ0) is 14.0. The Kier molecular flexibility index (Phi) is 3.24. The lowest BCUT2D eigenvalue weighted by Crippen LogP contribution is -2.13. The van der Waals surface area contributed by atoms with E-state index in [1.165, 1.54) is 18.3 Å². The van der Waals surface area contributed by atoms with Gasteiger partial charge >= 0.3 is 0 Å². The average Bonchev–Trinajstić information content (AvgIpc) is 2.33. The van der Waals surface area contributed by atoms with E-state index in [1.807, 2.05) is 0 Å². The van der Waals surface area contributed by atoms with Gasteiger partial charge in [0.05, 0.1) is 17.4 Å². The number of phenolic OH excluding ortho intramolecular Hbond substituents is 2. The molecule has 0 fully saturated rings. The van der Waals surface area contributed by atoms with Crippen molar-refractivity contribution in [2.75, 3.05) is 11.1 Å². The number of aromatic nitrogens is 1. The minimum atomic E-state index is -0.519. The number of carbonyl (C=O) groups is 1. The molecule has 0 aliphatic rings. The maximum absolute atomic E-state index is 11.9. The summed E-state index contributed by atoms with van der Waals surface area (Å²) < 4.78 is 0. The Morgan fingerprint density at radius 2 is 2.05 bits per heavy atom. The van der Waals surface area contributed by atoms with Gasteiger partial charge in [-0.1, -0.05) is 0 Å². The number of nitrogens with two attached hydrogens (primary N) is 1. The van der Waals surface area contributed by atoms with Crippen molar-refractivity contribution in [3.05, 3.63) is 41.6 Å². The van der Waals surface area contributed by atoms with Gasteiger partial charge in [-0.2, -0.15) is 0 Å². The number of carbonyl (C=O) groups excluding carboxylic acids is 1. The Labute approximate surface area is 109 Å². The molecule has 0 radical (unpaired) electrons. The topological polar surface area (TPSA) is 108 Å². The van der Waals surface area contributed by atoms with Gasteiger partial charge in [0.25, 0.3) is 5.91 Å². The number of aromatic hydroxyl groups is 2. The highest BCUT2D eigenvalue weighted by Crippen LogP contribution is 2.23. The van der Waals surface area contributed by atoms with E-state index in [1.54, 1.807) is 13.0 Å². The first kappa shape index (κ1) is 12.7. The molecule has 6 heteroatoms. The molecule has 0 atom stereocenters. The van der Waals surface area contributed by atoms with Crippen LogP contribution >= 0.6 is 0 Å². The second-order valence-electron chi connectivity index (χ2n) is 4.08. The van der Waals surface area contributed by atoms with Gasteiger partial charge in [-0.3, -0.25) is 4.79 Å². The summed E-state index contributed by atoms with van der Waals surface area (Å²) in [5.41, 5.74) is 7.00.